The third kappa shape index (κ3) is 4.30. The lowest BCUT2D eigenvalue weighted by atomic mass is 9.83. The Morgan fingerprint density at radius 1 is 1.33 bits per heavy atom. The molecular weight excluding hydrogens is 276 g/mol. The maximum Gasteiger partial charge on any atom is 0.0247 e. The molecule has 2 rings (SSSR count). The highest BCUT2D eigenvalue weighted by atomic mass is 32.1. The van der Waals surface area contributed by atoms with Gasteiger partial charge in [0.1, 0.15) is 0 Å². The van der Waals surface area contributed by atoms with Crippen molar-refractivity contribution in [1.82, 2.24) is 10.2 Å². The van der Waals surface area contributed by atoms with Gasteiger partial charge in [-0.05, 0) is 47.1 Å². The van der Waals surface area contributed by atoms with Gasteiger partial charge in [-0.1, -0.05) is 34.6 Å². The summed E-state index contributed by atoms with van der Waals surface area (Å²) in [5, 5.41) is 8.28. The summed E-state index contributed by atoms with van der Waals surface area (Å²) in [6.07, 6.45) is 1.17. The van der Waals surface area contributed by atoms with Crippen LogP contribution in [-0.2, 0) is 6.42 Å². The zero-order chi connectivity index (χ0) is 15.6. The van der Waals surface area contributed by atoms with E-state index >= 15 is 0 Å². The Labute approximate surface area is 134 Å². The van der Waals surface area contributed by atoms with E-state index in [-0.39, 0.29) is 0 Å². The van der Waals surface area contributed by atoms with Crippen LogP contribution in [-0.4, -0.2) is 36.1 Å². The third-order valence-corrected chi connectivity index (χ3v) is 5.62. The molecule has 1 aromatic rings. The summed E-state index contributed by atoms with van der Waals surface area (Å²) >= 11 is 1.81. The Balaban J connectivity index is 2.09. The zero-order valence-corrected chi connectivity index (χ0v) is 15.3. The van der Waals surface area contributed by atoms with Crippen molar-refractivity contribution in [3.63, 3.8) is 0 Å². The molecule has 0 bridgehead atoms. The van der Waals surface area contributed by atoms with Crippen molar-refractivity contribution in [3.8, 4) is 0 Å². The zero-order valence-electron chi connectivity index (χ0n) is 14.5. The highest BCUT2D eigenvalue weighted by Gasteiger charge is 2.37. The minimum absolute atomic E-state index is 0.322. The predicted octanol–water partition coefficient (Wildman–Crippen LogP) is 4.02. The second-order valence-corrected chi connectivity index (χ2v) is 8.80. The number of thiophene rings is 1. The molecule has 0 radical (unpaired) electrons. The number of piperazine rings is 1. The van der Waals surface area contributed by atoms with Crippen LogP contribution in [0.5, 0.6) is 0 Å². The van der Waals surface area contributed by atoms with E-state index in [0.717, 1.165) is 13.1 Å². The summed E-state index contributed by atoms with van der Waals surface area (Å²) < 4.78 is 0. The van der Waals surface area contributed by atoms with Gasteiger partial charge in [0.05, 0.1) is 0 Å². The fourth-order valence-electron chi connectivity index (χ4n) is 3.36. The third-order valence-electron chi connectivity index (χ3n) is 4.89. The van der Waals surface area contributed by atoms with E-state index in [1.165, 1.54) is 12.0 Å². The van der Waals surface area contributed by atoms with E-state index in [4.69, 9.17) is 0 Å². The molecular formula is C18H32N2S. The SMILES string of the molecule is CC(C)C1CNC(C(C)(C)C)CN1C(C)Cc1ccsc1. The highest BCUT2D eigenvalue weighted by Crippen LogP contribution is 2.27. The molecule has 0 spiro atoms. The summed E-state index contributed by atoms with van der Waals surface area (Å²) in [7, 11) is 0. The van der Waals surface area contributed by atoms with Gasteiger partial charge in [0.25, 0.3) is 0 Å². The van der Waals surface area contributed by atoms with Gasteiger partial charge in [-0.15, -0.1) is 0 Å². The first-order chi connectivity index (χ1) is 9.79. The quantitative estimate of drug-likeness (QED) is 0.903. The molecule has 3 atom stereocenters. The van der Waals surface area contributed by atoms with Gasteiger partial charge in [-0.25, -0.2) is 0 Å². The Bertz CT molecular complexity index is 419. The van der Waals surface area contributed by atoms with E-state index < -0.39 is 0 Å². The van der Waals surface area contributed by atoms with Gasteiger partial charge < -0.3 is 5.32 Å². The summed E-state index contributed by atoms with van der Waals surface area (Å²) in [4.78, 5) is 2.76. The number of hydrogen-bond acceptors (Lipinski definition) is 3. The number of rotatable bonds is 4. The Kier molecular flexibility index (Phi) is 5.50. The van der Waals surface area contributed by atoms with Crippen molar-refractivity contribution >= 4 is 11.3 Å². The van der Waals surface area contributed by atoms with Crippen LogP contribution in [0.1, 0.15) is 47.1 Å². The molecule has 3 heteroatoms. The lowest BCUT2D eigenvalue weighted by molar-refractivity contribution is 0.0346. The first-order valence-corrected chi connectivity index (χ1v) is 9.23. The number of nitrogens with zero attached hydrogens (tertiary/aromatic N) is 1. The Morgan fingerprint density at radius 3 is 2.57 bits per heavy atom. The molecule has 2 heterocycles. The lowest BCUT2D eigenvalue weighted by Gasteiger charge is -2.49. The highest BCUT2D eigenvalue weighted by molar-refractivity contribution is 7.07. The molecule has 21 heavy (non-hydrogen) atoms. The molecule has 3 unspecified atom stereocenters. The Morgan fingerprint density at radius 2 is 2.05 bits per heavy atom. The molecule has 120 valence electrons. The molecule has 1 aromatic heterocycles. The van der Waals surface area contributed by atoms with Crippen LogP contribution < -0.4 is 5.32 Å². The molecule has 1 fully saturated rings. The number of nitrogens with one attached hydrogen (secondary N) is 1. The van der Waals surface area contributed by atoms with Crippen molar-refractivity contribution in [2.45, 2.75) is 66.1 Å². The molecule has 1 aliphatic heterocycles. The van der Waals surface area contributed by atoms with Gasteiger partial charge in [0.2, 0.25) is 0 Å². The van der Waals surface area contributed by atoms with Crippen LogP contribution in [0.2, 0.25) is 0 Å². The van der Waals surface area contributed by atoms with Crippen molar-refractivity contribution in [1.29, 1.82) is 0 Å². The smallest absolute Gasteiger partial charge is 0.0247 e. The van der Waals surface area contributed by atoms with Crippen LogP contribution >= 0.6 is 11.3 Å². The fraction of sp³-hybridized carbons (Fsp3) is 0.778. The minimum atomic E-state index is 0.322. The maximum atomic E-state index is 3.79. The average molecular weight is 309 g/mol. The van der Waals surface area contributed by atoms with Crippen LogP contribution in [0.4, 0.5) is 0 Å². The Hall–Kier alpha value is -0.380. The first kappa shape index (κ1) is 17.0. The minimum Gasteiger partial charge on any atom is -0.311 e. The summed E-state index contributed by atoms with van der Waals surface area (Å²) in [6.45, 7) is 16.4. The van der Waals surface area contributed by atoms with Gasteiger partial charge in [-0.2, -0.15) is 11.3 Å². The van der Waals surface area contributed by atoms with Crippen molar-refractivity contribution in [3.05, 3.63) is 22.4 Å². The molecule has 0 aromatic carbocycles. The van der Waals surface area contributed by atoms with E-state index in [9.17, 15) is 0 Å². The topological polar surface area (TPSA) is 15.3 Å². The first-order valence-electron chi connectivity index (χ1n) is 8.29. The van der Waals surface area contributed by atoms with Gasteiger partial charge in [0, 0.05) is 31.2 Å². The van der Waals surface area contributed by atoms with Crippen molar-refractivity contribution < 1.29 is 0 Å². The predicted molar refractivity (Wildman–Crippen MR) is 94.1 cm³/mol. The van der Waals surface area contributed by atoms with Gasteiger partial charge in [0.15, 0.2) is 0 Å². The van der Waals surface area contributed by atoms with E-state index in [1.54, 1.807) is 0 Å². The molecule has 1 saturated heterocycles. The van der Waals surface area contributed by atoms with E-state index in [2.05, 4.69) is 68.6 Å². The van der Waals surface area contributed by atoms with Crippen LogP contribution in [0, 0.1) is 11.3 Å². The molecule has 1 N–H and O–H groups in total. The molecule has 0 aliphatic carbocycles. The van der Waals surface area contributed by atoms with Gasteiger partial charge >= 0.3 is 0 Å². The molecule has 1 aliphatic rings. The maximum absolute atomic E-state index is 3.79. The fourth-order valence-corrected chi connectivity index (χ4v) is 4.05. The van der Waals surface area contributed by atoms with Crippen LogP contribution in [0.3, 0.4) is 0 Å². The normalized spacial score (nSPS) is 26.2. The monoisotopic (exact) mass is 308 g/mol. The second-order valence-electron chi connectivity index (χ2n) is 8.02. The summed E-state index contributed by atoms with van der Waals surface area (Å²) in [5.74, 6) is 0.698. The summed E-state index contributed by atoms with van der Waals surface area (Å²) in [5.41, 5.74) is 1.81. The van der Waals surface area contributed by atoms with Gasteiger partial charge in [-0.3, -0.25) is 4.90 Å². The lowest BCUT2D eigenvalue weighted by Crippen LogP contribution is -2.63. The molecule has 2 nitrogen and oxygen atoms in total. The van der Waals surface area contributed by atoms with Crippen LogP contribution in [0.15, 0.2) is 16.8 Å². The largest absolute Gasteiger partial charge is 0.311 e. The standard InChI is InChI=1S/C18H32N2S/c1-13(2)16-10-19-17(18(4,5)6)11-20(16)14(3)9-15-7-8-21-12-15/h7-8,12-14,16-17,19H,9-11H2,1-6H3. The summed E-state index contributed by atoms with van der Waals surface area (Å²) in [6, 6.07) is 4.11. The van der Waals surface area contributed by atoms with E-state index in [1.807, 2.05) is 11.3 Å². The van der Waals surface area contributed by atoms with E-state index in [0.29, 0.717) is 29.5 Å². The van der Waals surface area contributed by atoms with Crippen LogP contribution in [0.25, 0.3) is 0 Å². The molecule has 0 amide bonds. The number of hydrogen-bond donors (Lipinski definition) is 1. The van der Waals surface area contributed by atoms with Crippen molar-refractivity contribution in [2.75, 3.05) is 13.1 Å². The van der Waals surface area contributed by atoms with Crippen molar-refractivity contribution in [2.24, 2.45) is 11.3 Å². The molecule has 0 saturated carbocycles. The average Bonchev–Trinajstić information content (AvgIpc) is 2.89. The second kappa shape index (κ2) is 6.80.